The van der Waals surface area contributed by atoms with Gasteiger partial charge in [-0.3, -0.25) is 4.79 Å². The fraction of sp³-hybridized carbons (Fsp3) is 0.579. The van der Waals surface area contributed by atoms with Gasteiger partial charge in [0.15, 0.2) is 0 Å². The van der Waals surface area contributed by atoms with Gasteiger partial charge in [0.2, 0.25) is 0 Å². The summed E-state index contributed by atoms with van der Waals surface area (Å²) in [5.74, 6) is -1.08. The summed E-state index contributed by atoms with van der Waals surface area (Å²) in [6.07, 6.45) is 2.14. The number of likely N-dealkylation sites (tertiary alicyclic amines) is 1. The van der Waals surface area contributed by atoms with Crippen molar-refractivity contribution in [3.63, 3.8) is 0 Å². The summed E-state index contributed by atoms with van der Waals surface area (Å²) in [5.41, 5.74) is 2.53. The summed E-state index contributed by atoms with van der Waals surface area (Å²) in [6, 6.07) is 8.26. The number of amides is 2. The van der Waals surface area contributed by atoms with E-state index >= 15 is 0 Å². The third-order valence-electron chi connectivity index (χ3n) is 5.19. The van der Waals surface area contributed by atoms with E-state index in [0.717, 1.165) is 12.0 Å². The van der Waals surface area contributed by atoms with E-state index in [2.05, 4.69) is 50.4 Å². The van der Waals surface area contributed by atoms with Gasteiger partial charge >= 0.3 is 12.0 Å². The quantitative estimate of drug-likeness (QED) is 0.868. The molecule has 1 fully saturated rings. The number of rotatable bonds is 5. The van der Waals surface area contributed by atoms with Crippen molar-refractivity contribution >= 4 is 12.0 Å². The number of urea groups is 1. The fourth-order valence-electron chi connectivity index (χ4n) is 2.90. The molecule has 0 bridgehead atoms. The van der Waals surface area contributed by atoms with Gasteiger partial charge in [-0.1, -0.05) is 45.0 Å². The molecule has 0 atom stereocenters. The van der Waals surface area contributed by atoms with Crippen molar-refractivity contribution in [1.82, 2.24) is 10.2 Å². The van der Waals surface area contributed by atoms with Crippen molar-refractivity contribution in [3.8, 4) is 0 Å². The lowest BCUT2D eigenvalue weighted by Gasteiger charge is -2.30. The number of hydrogen-bond donors (Lipinski definition) is 2. The van der Waals surface area contributed by atoms with Crippen LogP contribution < -0.4 is 5.32 Å². The molecule has 0 radical (unpaired) electrons. The van der Waals surface area contributed by atoms with Gasteiger partial charge in [-0.2, -0.15) is 0 Å². The Morgan fingerprint density at radius 1 is 1.21 bits per heavy atom. The number of nitrogens with zero attached hydrogens (tertiary/aromatic N) is 1. The van der Waals surface area contributed by atoms with E-state index in [-0.39, 0.29) is 17.4 Å². The number of carboxylic acids is 1. The zero-order valence-corrected chi connectivity index (χ0v) is 14.8. The lowest BCUT2D eigenvalue weighted by molar-refractivity contribution is -0.143. The van der Waals surface area contributed by atoms with E-state index in [1.807, 2.05) is 0 Å². The Labute approximate surface area is 144 Å². The highest BCUT2D eigenvalue weighted by molar-refractivity contribution is 5.75. The summed E-state index contributed by atoms with van der Waals surface area (Å²) in [6.45, 7) is 8.14. The van der Waals surface area contributed by atoms with Crippen LogP contribution in [0.15, 0.2) is 24.3 Å². The van der Waals surface area contributed by atoms with Crippen molar-refractivity contribution in [2.24, 2.45) is 5.92 Å². The molecule has 0 saturated carbocycles. The lowest BCUT2D eigenvalue weighted by atomic mass is 9.82. The minimum absolute atomic E-state index is 0.114. The number of carbonyl (C=O) groups is 2. The molecule has 5 heteroatoms. The van der Waals surface area contributed by atoms with Crippen LogP contribution in [0, 0.1) is 5.92 Å². The van der Waals surface area contributed by atoms with Crippen molar-refractivity contribution in [2.45, 2.75) is 52.0 Å². The van der Waals surface area contributed by atoms with Crippen LogP contribution in [0.2, 0.25) is 0 Å². The SMILES string of the molecule is CCC(C)(C)c1ccc(CNC(=O)N2CCC(C(=O)O)CC2)cc1. The molecule has 0 spiro atoms. The molecule has 1 aromatic rings. The minimum atomic E-state index is -0.759. The van der Waals surface area contributed by atoms with E-state index in [4.69, 9.17) is 5.11 Å². The van der Waals surface area contributed by atoms with Crippen molar-refractivity contribution < 1.29 is 14.7 Å². The van der Waals surface area contributed by atoms with Crippen LogP contribution in [0.1, 0.15) is 51.2 Å². The minimum Gasteiger partial charge on any atom is -0.481 e. The monoisotopic (exact) mass is 332 g/mol. The first-order valence-electron chi connectivity index (χ1n) is 8.68. The van der Waals surface area contributed by atoms with Crippen LogP contribution in [-0.4, -0.2) is 35.1 Å². The predicted molar refractivity (Wildman–Crippen MR) is 93.9 cm³/mol. The zero-order valence-electron chi connectivity index (χ0n) is 14.8. The van der Waals surface area contributed by atoms with Gasteiger partial charge in [0, 0.05) is 19.6 Å². The molecule has 0 unspecified atom stereocenters. The van der Waals surface area contributed by atoms with E-state index in [1.165, 1.54) is 5.56 Å². The van der Waals surface area contributed by atoms with Gasteiger partial charge in [0.1, 0.15) is 0 Å². The molecule has 1 aliphatic heterocycles. The van der Waals surface area contributed by atoms with Crippen molar-refractivity contribution in [3.05, 3.63) is 35.4 Å². The molecule has 1 saturated heterocycles. The second kappa shape index (κ2) is 7.69. The molecule has 1 aromatic carbocycles. The summed E-state index contributed by atoms with van der Waals surface area (Å²) in [4.78, 5) is 24.8. The Balaban J connectivity index is 1.83. The first-order chi connectivity index (χ1) is 11.3. The highest BCUT2D eigenvalue weighted by Gasteiger charge is 2.26. The number of piperidine rings is 1. The molecular formula is C19H28N2O3. The summed E-state index contributed by atoms with van der Waals surface area (Å²) in [5, 5.41) is 11.9. The van der Waals surface area contributed by atoms with Crippen LogP contribution in [-0.2, 0) is 16.8 Å². The Morgan fingerprint density at radius 3 is 2.29 bits per heavy atom. The second-order valence-corrected chi connectivity index (χ2v) is 7.19. The zero-order chi connectivity index (χ0) is 17.7. The highest BCUT2D eigenvalue weighted by Crippen LogP contribution is 2.26. The van der Waals surface area contributed by atoms with Gasteiger partial charge in [0.25, 0.3) is 0 Å². The first-order valence-corrected chi connectivity index (χ1v) is 8.68. The molecule has 2 rings (SSSR count). The van der Waals surface area contributed by atoms with E-state index < -0.39 is 5.97 Å². The van der Waals surface area contributed by atoms with Gasteiger partial charge in [-0.15, -0.1) is 0 Å². The van der Waals surface area contributed by atoms with Crippen LogP contribution >= 0.6 is 0 Å². The molecule has 0 aliphatic carbocycles. The van der Waals surface area contributed by atoms with Crippen LogP contribution in [0.25, 0.3) is 0 Å². The number of nitrogens with one attached hydrogen (secondary N) is 1. The third-order valence-corrected chi connectivity index (χ3v) is 5.19. The second-order valence-electron chi connectivity index (χ2n) is 7.19. The maximum Gasteiger partial charge on any atom is 0.317 e. The summed E-state index contributed by atoms with van der Waals surface area (Å²) < 4.78 is 0. The smallest absolute Gasteiger partial charge is 0.317 e. The average Bonchev–Trinajstić information content (AvgIpc) is 2.60. The average molecular weight is 332 g/mol. The molecular weight excluding hydrogens is 304 g/mol. The summed E-state index contributed by atoms with van der Waals surface area (Å²) in [7, 11) is 0. The van der Waals surface area contributed by atoms with E-state index in [0.29, 0.717) is 32.5 Å². The van der Waals surface area contributed by atoms with Crippen molar-refractivity contribution in [1.29, 1.82) is 0 Å². The molecule has 5 nitrogen and oxygen atoms in total. The number of carboxylic acid groups (broad SMARTS) is 1. The van der Waals surface area contributed by atoms with E-state index in [9.17, 15) is 9.59 Å². The molecule has 0 aromatic heterocycles. The number of carbonyl (C=O) groups excluding carboxylic acids is 1. The highest BCUT2D eigenvalue weighted by atomic mass is 16.4. The molecule has 2 N–H and O–H groups in total. The normalized spacial score (nSPS) is 16.0. The van der Waals surface area contributed by atoms with Gasteiger partial charge in [-0.25, -0.2) is 4.79 Å². The van der Waals surface area contributed by atoms with Gasteiger partial charge in [-0.05, 0) is 35.8 Å². The summed E-state index contributed by atoms with van der Waals surface area (Å²) >= 11 is 0. The molecule has 2 amide bonds. The number of benzene rings is 1. The molecule has 24 heavy (non-hydrogen) atoms. The van der Waals surface area contributed by atoms with Crippen LogP contribution in [0.4, 0.5) is 4.79 Å². The Kier molecular flexibility index (Phi) is 5.86. The number of hydrogen-bond acceptors (Lipinski definition) is 2. The van der Waals surface area contributed by atoms with Gasteiger partial charge in [0.05, 0.1) is 5.92 Å². The Hall–Kier alpha value is -2.04. The Bertz CT molecular complexity index is 573. The standard InChI is InChI=1S/C19H28N2O3/c1-4-19(2,3)16-7-5-14(6-8-16)13-20-18(24)21-11-9-15(10-12-21)17(22)23/h5-8,15H,4,9-13H2,1-3H3,(H,20,24)(H,22,23). The van der Waals surface area contributed by atoms with Crippen LogP contribution in [0.5, 0.6) is 0 Å². The van der Waals surface area contributed by atoms with E-state index in [1.54, 1.807) is 4.90 Å². The first kappa shape index (κ1) is 18.3. The third kappa shape index (κ3) is 4.49. The van der Waals surface area contributed by atoms with Gasteiger partial charge < -0.3 is 15.3 Å². The predicted octanol–water partition coefficient (Wildman–Crippen LogP) is 3.38. The molecule has 1 aliphatic rings. The molecule has 1 heterocycles. The largest absolute Gasteiger partial charge is 0.481 e. The van der Waals surface area contributed by atoms with Crippen molar-refractivity contribution in [2.75, 3.05) is 13.1 Å². The number of aliphatic carboxylic acids is 1. The maximum absolute atomic E-state index is 12.2. The topological polar surface area (TPSA) is 69.6 Å². The van der Waals surface area contributed by atoms with Crippen LogP contribution in [0.3, 0.4) is 0 Å². The Morgan fingerprint density at radius 2 is 1.79 bits per heavy atom. The maximum atomic E-state index is 12.2. The lowest BCUT2D eigenvalue weighted by Crippen LogP contribution is -2.45. The fourth-order valence-corrected chi connectivity index (χ4v) is 2.90. The molecule has 132 valence electrons.